The van der Waals surface area contributed by atoms with Crippen molar-refractivity contribution in [3.63, 3.8) is 0 Å². The fourth-order valence-corrected chi connectivity index (χ4v) is 2.85. The van der Waals surface area contributed by atoms with Crippen molar-refractivity contribution in [2.75, 3.05) is 7.11 Å². The first-order valence-corrected chi connectivity index (χ1v) is 9.36. The molecule has 27 heavy (non-hydrogen) atoms. The van der Waals surface area contributed by atoms with E-state index >= 15 is 0 Å². The number of nitrogens with zero attached hydrogens (tertiary/aromatic N) is 2. The first-order chi connectivity index (χ1) is 13.0. The molecule has 0 radical (unpaired) electrons. The SMILES string of the molecule is COc1ccc([C@H](C)NC(=O)CCc2nc(-c3ccc(Br)cc3)no2)cc1. The average molecular weight is 430 g/mol. The molecule has 0 unspecified atom stereocenters. The van der Waals surface area contributed by atoms with Gasteiger partial charge >= 0.3 is 0 Å². The number of aryl methyl sites for hydroxylation is 1. The minimum absolute atomic E-state index is 0.0679. The van der Waals surface area contributed by atoms with Crippen molar-refractivity contribution < 1.29 is 14.1 Å². The van der Waals surface area contributed by atoms with Gasteiger partial charge in [-0.1, -0.05) is 33.2 Å². The second kappa shape index (κ2) is 8.81. The number of ether oxygens (including phenoxy) is 1. The van der Waals surface area contributed by atoms with Gasteiger partial charge < -0.3 is 14.6 Å². The summed E-state index contributed by atoms with van der Waals surface area (Å²) in [6.07, 6.45) is 0.674. The van der Waals surface area contributed by atoms with E-state index in [0.717, 1.165) is 21.3 Å². The highest BCUT2D eigenvalue weighted by atomic mass is 79.9. The molecule has 1 N–H and O–H groups in total. The van der Waals surface area contributed by atoms with Crippen LogP contribution in [0, 0.1) is 0 Å². The number of aromatic nitrogens is 2. The molecule has 1 amide bonds. The summed E-state index contributed by atoms with van der Waals surface area (Å²) in [5.41, 5.74) is 1.88. The number of nitrogens with one attached hydrogen (secondary N) is 1. The molecule has 1 heterocycles. The zero-order valence-corrected chi connectivity index (χ0v) is 16.7. The van der Waals surface area contributed by atoms with Gasteiger partial charge in [0.1, 0.15) is 5.75 Å². The van der Waals surface area contributed by atoms with Crippen LogP contribution in [0.15, 0.2) is 57.5 Å². The van der Waals surface area contributed by atoms with Gasteiger partial charge in [0.15, 0.2) is 0 Å². The average Bonchev–Trinajstić information content (AvgIpc) is 3.16. The molecule has 2 aromatic carbocycles. The van der Waals surface area contributed by atoms with E-state index in [1.54, 1.807) is 7.11 Å². The molecular formula is C20H20BrN3O3. The van der Waals surface area contributed by atoms with Crippen LogP contribution in [0.2, 0.25) is 0 Å². The number of methoxy groups -OCH3 is 1. The first kappa shape index (κ1) is 19.1. The van der Waals surface area contributed by atoms with Crippen LogP contribution in [0.25, 0.3) is 11.4 Å². The molecule has 0 aliphatic rings. The van der Waals surface area contributed by atoms with E-state index in [0.29, 0.717) is 18.1 Å². The Kier molecular flexibility index (Phi) is 6.24. The number of carbonyl (C=O) groups excluding carboxylic acids is 1. The third-order valence-electron chi connectivity index (χ3n) is 4.13. The van der Waals surface area contributed by atoms with Crippen LogP contribution in [-0.2, 0) is 11.2 Å². The molecule has 1 aromatic heterocycles. The summed E-state index contributed by atoms with van der Waals surface area (Å²) >= 11 is 3.39. The summed E-state index contributed by atoms with van der Waals surface area (Å²) in [6.45, 7) is 1.94. The van der Waals surface area contributed by atoms with Gasteiger partial charge in [-0.15, -0.1) is 0 Å². The third kappa shape index (κ3) is 5.17. The molecule has 0 bridgehead atoms. The smallest absolute Gasteiger partial charge is 0.227 e. The number of carbonyl (C=O) groups is 1. The Labute approximate surface area is 166 Å². The maximum atomic E-state index is 12.2. The number of hydrogen-bond donors (Lipinski definition) is 1. The van der Waals surface area contributed by atoms with Gasteiger partial charge in [-0.3, -0.25) is 4.79 Å². The number of rotatable bonds is 7. The summed E-state index contributed by atoms with van der Waals surface area (Å²) in [4.78, 5) is 16.6. The van der Waals surface area contributed by atoms with Gasteiger partial charge in [0, 0.05) is 22.9 Å². The molecule has 0 spiro atoms. The van der Waals surface area contributed by atoms with Gasteiger partial charge in [-0.05, 0) is 48.9 Å². The van der Waals surface area contributed by atoms with Crippen molar-refractivity contribution in [3.8, 4) is 17.1 Å². The molecule has 0 aliphatic heterocycles. The van der Waals surface area contributed by atoms with E-state index in [1.807, 2.05) is 55.5 Å². The minimum atomic E-state index is -0.0931. The molecule has 0 saturated heterocycles. The van der Waals surface area contributed by atoms with Crippen LogP contribution < -0.4 is 10.1 Å². The Bertz CT molecular complexity index is 892. The summed E-state index contributed by atoms with van der Waals surface area (Å²) in [5.74, 6) is 1.68. The molecule has 6 nitrogen and oxygen atoms in total. The van der Waals surface area contributed by atoms with Crippen molar-refractivity contribution in [2.45, 2.75) is 25.8 Å². The normalized spacial score (nSPS) is 11.8. The standard InChI is InChI=1S/C20H20BrN3O3/c1-13(14-5-9-17(26-2)10-6-14)22-18(25)11-12-19-23-20(24-27-19)15-3-7-16(21)8-4-15/h3-10,13H,11-12H2,1-2H3,(H,22,25)/t13-/m0/s1. The molecule has 7 heteroatoms. The second-order valence-corrected chi connectivity index (χ2v) is 7.00. The fraction of sp³-hybridized carbons (Fsp3) is 0.250. The zero-order chi connectivity index (χ0) is 19.2. The highest BCUT2D eigenvalue weighted by Crippen LogP contribution is 2.20. The van der Waals surface area contributed by atoms with E-state index in [-0.39, 0.29) is 18.4 Å². The van der Waals surface area contributed by atoms with E-state index in [4.69, 9.17) is 9.26 Å². The Hall–Kier alpha value is -2.67. The molecule has 0 aliphatic carbocycles. The third-order valence-corrected chi connectivity index (χ3v) is 4.66. The number of amides is 1. The topological polar surface area (TPSA) is 77.2 Å². The lowest BCUT2D eigenvalue weighted by atomic mass is 10.1. The van der Waals surface area contributed by atoms with Gasteiger partial charge in [-0.2, -0.15) is 4.98 Å². The fourth-order valence-electron chi connectivity index (χ4n) is 2.58. The Morgan fingerprint density at radius 3 is 2.56 bits per heavy atom. The van der Waals surface area contributed by atoms with Crippen LogP contribution in [0.4, 0.5) is 0 Å². The van der Waals surface area contributed by atoms with Gasteiger partial charge in [0.05, 0.1) is 13.2 Å². The monoisotopic (exact) mass is 429 g/mol. The summed E-state index contributed by atoms with van der Waals surface area (Å²) in [5, 5.41) is 6.95. The minimum Gasteiger partial charge on any atom is -0.497 e. The summed E-state index contributed by atoms with van der Waals surface area (Å²) < 4.78 is 11.4. The van der Waals surface area contributed by atoms with Gasteiger partial charge in [0.2, 0.25) is 17.6 Å². The second-order valence-electron chi connectivity index (χ2n) is 6.08. The van der Waals surface area contributed by atoms with Crippen LogP contribution in [-0.4, -0.2) is 23.2 Å². The lowest BCUT2D eigenvalue weighted by Crippen LogP contribution is -2.26. The van der Waals surface area contributed by atoms with Gasteiger partial charge in [-0.25, -0.2) is 0 Å². The van der Waals surface area contributed by atoms with Crippen molar-refractivity contribution in [3.05, 3.63) is 64.5 Å². The predicted molar refractivity (Wildman–Crippen MR) is 105 cm³/mol. The van der Waals surface area contributed by atoms with Crippen molar-refractivity contribution in [1.82, 2.24) is 15.5 Å². The van der Waals surface area contributed by atoms with Crippen LogP contribution in [0.3, 0.4) is 0 Å². The number of benzene rings is 2. The van der Waals surface area contributed by atoms with E-state index in [1.165, 1.54) is 0 Å². The van der Waals surface area contributed by atoms with Crippen LogP contribution in [0.1, 0.15) is 30.8 Å². The number of halogens is 1. The molecule has 0 saturated carbocycles. The first-order valence-electron chi connectivity index (χ1n) is 8.57. The van der Waals surface area contributed by atoms with Crippen molar-refractivity contribution in [1.29, 1.82) is 0 Å². The van der Waals surface area contributed by atoms with E-state index in [2.05, 4.69) is 31.4 Å². The quantitative estimate of drug-likeness (QED) is 0.604. The summed E-state index contributed by atoms with van der Waals surface area (Å²) in [7, 11) is 1.62. The Morgan fingerprint density at radius 2 is 1.89 bits per heavy atom. The molecular weight excluding hydrogens is 410 g/mol. The van der Waals surface area contributed by atoms with Crippen molar-refractivity contribution >= 4 is 21.8 Å². The largest absolute Gasteiger partial charge is 0.497 e. The molecule has 1 atom stereocenters. The highest BCUT2D eigenvalue weighted by molar-refractivity contribution is 9.10. The van der Waals surface area contributed by atoms with E-state index < -0.39 is 0 Å². The predicted octanol–water partition coefficient (Wildman–Crippen LogP) is 4.32. The lowest BCUT2D eigenvalue weighted by Gasteiger charge is -2.14. The van der Waals surface area contributed by atoms with Crippen LogP contribution >= 0.6 is 15.9 Å². The Morgan fingerprint density at radius 1 is 1.19 bits per heavy atom. The Balaban J connectivity index is 1.52. The van der Waals surface area contributed by atoms with Gasteiger partial charge in [0.25, 0.3) is 0 Å². The maximum absolute atomic E-state index is 12.2. The van der Waals surface area contributed by atoms with Crippen LogP contribution in [0.5, 0.6) is 5.75 Å². The molecule has 3 aromatic rings. The number of hydrogen-bond acceptors (Lipinski definition) is 5. The molecule has 140 valence electrons. The van der Waals surface area contributed by atoms with E-state index in [9.17, 15) is 4.79 Å². The lowest BCUT2D eigenvalue weighted by molar-refractivity contribution is -0.121. The zero-order valence-electron chi connectivity index (χ0n) is 15.1. The summed E-state index contributed by atoms with van der Waals surface area (Å²) in [6, 6.07) is 15.2. The molecule has 3 rings (SSSR count). The van der Waals surface area contributed by atoms with Crippen molar-refractivity contribution in [2.24, 2.45) is 0 Å². The highest BCUT2D eigenvalue weighted by Gasteiger charge is 2.13. The maximum Gasteiger partial charge on any atom is 0.227 e. The molecule has 0 fully saturated rings.